The van der Waals surface area contributed by atoms with Gasteiger partial charge in [-0.25, -0.2) is 0 Å². The van der Waals surface area contributed by atoms with E-state index in [1.807, 2.05) is 13.8 Å². The van der Waals surface area contributed by atoms with E-state index in [0.29, 0.717) is 24.3 Å². The minimum atomic E-state index is -0.909. The molecule has 0 unspecified atom stereocenters. The minimum Gasteiger partial charge on any atom is -0.481 e. The number of rotatable bonds is 7. The number of nitrogens with zero attached hydrogens (tertiary/aromatic N) is 1. The molecule has 1 heterocycles. The molecule has 0 aliphatic rings. The van der Waals surface area contributed by atoms with Crippen LogP contribution in [0.5, 0.6) is 0 Å². The second-order valence-corrected chi connectivity index (χ2v) is 5.47. The van der Waals surface area contributed by atoms with Crippen LogP contribution in [0, 0.1) is 19.3 Å². The van der Waals surface area contributed by atoms with Gasteiger partial charge in [-0.2, -0.15) is 0 Å². The maximum Gasteiger partial charge on any atom is 0.311 e. The summed E-state index contributed by atoms with van der Waals surface area (Å²) in [5, 5.41) is 16.0. The lowest BCUT2D eigenvalue weighted by atomic mass is 9.82. The Hall–Kier alpha value is -1.85. The van der Waals surface area contributed by atoms with E-state index in [4.69, 9.17) is 4.52 Å². The summed E-state index contributed by atoms with van der Waals surface area (Å²) >= 11 is 0. The number of hydrogen-bond donors (Lipinski definition) is 2. The zero-order valence-corrected chi connectivity index (χ0v) is 13.3. The Labute approximate surface area is 124 Å². The second kappa shape index (κ2) is 6.74. The van der Waals surface area contributed by atoms with Crippen molar-refractivity contribution in [2.75, 3.05) is 6.54 Å². The smallest absolute Gasteiger partial charge is 0.311 e. The highest BCUT2D eigenvalue weighted by atomic mass is 16.5. The van der Waals surface area contributed by atoms with Crippen LogP contribution in [0.2, 0.25) is 0 Å². The van der Waals surface area contributed by atoms with Crippen molar-refractivity contribution in [2.24, 2.45) is 5.41 Å². The van der Waals surface area contributed by atoms with Crippen molar-refractivity contribution < 1.29 is 19.2 Å². The van der Waals surface area contributed by atoms with Gasteiger partial charge in [-0.1, -0.05) is 19.0 Å². The lowest BCUT2D eigenvalue weighted by Crippen LogP contribution is -2.43. The first kappa shape index (κ1) is 17.2. The summed E-state index contributed by atoms with van der Waals surface area (Å²) in [6.45, 7) is 9.08. The van der Waals surface area contributed by atoms with E-state index in [1.54, 1.807) is 20.8 Å². The van der Waals surface area contributed by atoms with Crippen molar-refractivity contribution in [1.82, 2.24) is 10.5 Å². The van der Waals surface area contributed by atoms with Crippen molar-refractivity contribution in [2.45, 2.75) is 53.4 Å². The summed E-state index contributed by atoms with van der Waals surface area (Å²) in [7, 11) is 0. The minimum absolute atomic E-state index is 0.127. The van der Waals surface area contributed by atoms with E-state index in [1.165, 1.54) is 0 Å². The SMILES string of the molecule is CCC(CC)(CNC(=O)[C@@H](C)c1c(C)noc1C)C(=O)O. The number of aliphatic carboxylic acids is 1. The number of nitrogens with one attached hydrogen (secondary N) is 1. The second-order valence-electron chi connectivity index (χ2n) is 5.47. The number of carbonyl (C=O) groups is 2. The molecule has 0 aliphatic carbocycles. The molecule has 1 aromatic heterocycles. The van der Waals surface area contributed by atoms with Crippen molar-refractivity contribution in [1.29, 1.82) is 0 Å². The Bertz CT molecular complexity index is 498. The van der Waals surface area contributed by atoms with Gasteiger partial charge in [0.15, 0.2) is 0 Å². The Morgan fingerprint density at radius 3 is 2.29 bits per heavy atom. The number of aryl methyl sites for hydroxylation is 2. The van der Waals surface area contributed by atoms with Crippen LogP contribution in [-0.4, -0.2) is 28.7 Å². The number of aromatic nitrogens is 1. The lowest BCUT2D eigenvalue weighted by molar-refractivity contribution is -0.149. The van der Waals surface area contributed by atoms with Gasteiger partial charge in [0.2, 0.25) is 5.91 Å². The zero-order valence-electron chi connectivity index (χ0n) is 13.3. The maximum atomic E-state index is 12.3. The zero-order chi connectivity index (χ0) is 16.2. The first-order valence-electron chi connectivity index (χ1n) is 7.23. The van der Waals surface area contributed by atoms with Gasteiger partial charge in [-0.05, 0) is 33.6 Å². The summed E-state index contributed by atoms with van der Waals surface area (Å²) in [5.74, 6) is -0.892. The van der Waals surface area contributed by atoms with E-state index in [0.717, 1.165) is 5.56 Å². The molecule has 1 amide bonds. The van der Waals surface area contributed by atoms with Crippen LogP contribution in [0.25, 0.3) is 0 Å². The lowest BCUT2D eigenvalue weighted by Gasteiger charge is -2.27. The maximum absolute atomic E-state index is 12.3. The molecule has 21 heavy (non-hydrogen) atoms. The summed E-state index contributed by atoms with van der Waals surface area (Å²) in [6, 6.07) is 0. The van der Waals surface area contributed by atoms with E-state index in [2.05, 4.69) is 10.5 Å². The third-order valence-corrected chi connectivity index (χ3v) is 4.32. The van der Waals surface area contributed by atoms with Crippen molar-refractivity contribution in [3.63, 3.8) is 0 Å². The highest BCUT2D eigenvalue weighted by Crippen LogP contribution is 2.27. The van der Waals surface area contributed by atoms with Gasteiger partial charge in [-0.15, -0.1) is 0 Å². The molecule has 0 spiro atoms. The molecule has 6 nitrogen and oxygen atoms in total. The molecular weight excluding hydrogens is 272 g/mol. The number of carbonyl (C=O) groups excluding carboxylic acids is 1. The molecule has 1 rings (SSSR count). The van der Waals surface area contributed by atoms with Crippen molar-refractivity contribution in [3.05, 3.63) is 17.0 Å². The Morgan fingerprint density at radius 1 is 1.33 bits per heavy atom. The van der Waals surface area contributed by atoms with E-state index in [-0.39, 0.29) is 12.5 Å². The molecule has 0 saturated heterocycles. The average Bonchev–Trinajstić information content (AvgIpc) is 2.78. The van der Waals surface area contributed by atoms with Crippen LogP contribution in [0.4, 0.5) is 0 Å². The monoisotopic (exact) mass is 296 g/mol. The van der Waals surface area contributed by atoms with Crippen LogP contribution < -0.4 is 5.32 Å². The molecule has 0 aromatic carbocycles. The molecule has 0 saturated carbocycles. The number of carboxylic acid groups (broad SMARTS) is 1. The molecular formula is C15H24N2O4. The predicted octanol–water partition coefficient (Wildman–Crippen LogP) is 2.40. The molecule has 118 valence electrons. The van der Waals surface area contributed by atoms with E-state index in [9.17, 15) is 14.7 Å². The van der Waals surface area contributed by atoms with Crippen LogP contribution in [0.3, 0.4) is 0 Å². The third-order valence-electron chi connectivity index (χ3n) is 4.32. The van der Waals surface area contributed by atoms with Gasteiger partial charge in [-0.3, -0.25) is 9.59 Å². The number of carboxylic acids is 1. The summed E-state index contributed by atoms with van der Waals surface area (Å²) < 4.78 is 5.07. The van der Waals surface area contributed by atoms with E-state index < -0.39 is 17.3 Å². The van der Waals surface area contributed by atoms with Crippen LogP contribution >= 0.6 is 0 Å². The summed E-state index contributed by atoms with van der Waals surface area (Å²) in [6.07, 6.45) is 0.942. The van der Waals surface area contributed by atoms with Crippen LogP contribution in [0.15, 0.2) is 4.52 Å². The normalized spacial score (nSPS) is 13.0. The van der Waals surface area contributed by atoms with Gasteiger partial charge in [0, 0.05) is 12.1 Å². The number of hydrogen-bond acceptors (Lipinski definition) is 4. The first-order chi connectivity index (χ1) is 9.79. The fourth-order valence-corrected chi connectivity index (χ4v) is 2.53. The van der Waals surface area contributed by atoms with Crippen molar-refractivity contribution in [3.8, 4) is 0 Å². The highest BCUT2D eigenvalue weighted by molar-refractivity contribution is 5.84. The molecule has 1 atom stereocenters. The molecule has 0 aliphatic heterocycles. The topological polar surface area (TPSA) is 92.4 Å². The molecule has 6 heteroatoms. The van der Waals surface area contributed by atoms with Gasteiger partial charge in [0.05, 0.1) is 17.0 Å². The quantitative estimate of drug-likeness (QED) is 0.806. The van der Waals surface area contributed by atoms with Crippen molar-refractivity contribution >= 4 is 11.9 Å². The third kappa shape index (κ3) is 3.43. The molecule has 0 fully saturated rings. The van der Waals surface area contributed by atoms with Crippen LogP contribution in [-0.2, 0) is 9.59 Å². The molecule has 0 bridgehead atoms. The summed E-state index contributed by atoms with van der Waals surface area (Å²) in [4.78, 5) is 23.7. The summed E-state index contributed by atoms with van der Waals surface area (Å²) in [5.41, 5.74) is 0.542. The average molecular weight is 296 g/mol. The molecule has 1 aromatic rings. The van der Waals surface area contributed by atoms with Gasteiger partial charge >= 0.3 is 5.97 Å². The molecule has 2 N–H and O–H groups in total. The Balaban J connectivity index is 2.80. The van der Waals surface area contributed by atoms with Gasteiger partial charge in [0.25, 0.3) is 0 Å². The molecule has 0 radical (unpaired) electrons. The number of amides is 1. The largest absolute Gasteiger partial charge is 0.481 e. The van der Waals surface area contributed by atoms with Gasteiger partial charge in [0.1, 0.15) is 5.76 Å². The Morgan fingerprint density at radius 2 is 1.90 bits per heavy atom. The first-order valence-corrected chi connectivity index (χ1v) is 7.23. The highest BCUT2D eigenvalue weighted by Gasteiger charge is 2.36. The predicted molar refractivity (Wildman–Crippen MR) is 78.1 cm³/mol. The van der Waals surface area contributed by atoms with E-state index >= 15 is 0 Å². The van der Waals surface area contributed by atoms with Gasteiger partial charge < -0.3 is 14.9 Å². The Kier molecular flexibility index (Phi) is 5.52. The van der Waals surface area contributed by atoms with Crippen LogP contribution in [0.1, 0.15) is 56.5 Å². The fraction of sp³-hybridized carbons (Fsp3) is 0.667. The fourth-order valence-electron chi connectivity index (χ4n) is 2.53. The standard InChI is InChI=1S/C15H24N2O4/c1-6-15(7-2,14(19)20)8-16-13(18)9(3)12-10(4)17-21-11(12)5/h9H,6-8H2,1-5H3,(H,16,18)(H,19,20)/t9-/m0/s1.